The Morgan fingerprint density at radius 3 is 2.82 bits per heavy atom. The van der Waals surface area contributed by atoms with Crippen molar-refractivity contribution < 1.29 is 9.21 Å². The van der Waals surface area contributed by atoms with E-state index in [4.69, 9.17) is 4.42 Å². The van der Waals surface area contributed by atoms with E-state index >= 15 is 0 Å². The van der Waals surface area contributed by atoms with Crippen LogP contribution < -0.4 is 0 Å². The number of ketones is 1. The summed E-state index contributed by atoms with van der Waals surface area (Å²) in [5.74, 6) is 0.858. The summed E-state index contributed by atoms with van der Waals surface area (Å²) in [5, 5.41) is 0. The highest BCUT2D eigenvalue weighted by atomic mass is 16.3. The first kappa shape index (κ1) is 13.8. The van der Waals surface area contributed by atoms with Crippen LogP contribution in [0.4, 0.5) is 0 Å². The maximum absolute atomic E-state index is 11.5. The van der Waals surface area contributed by atoms with Crippen molar-refractivity contribution in [1.29, 1.82) is 0 Å². The minimum absolute atomic E-state index is 0.119. The van der Waals surface area contributed by atoms with Gasteiger partial charge < -0.3 is 4.42 Å². The van der Waals surface area contributed by atoms with Crippen molar-refractivity contribution in [3.05, 3.63) is 36.3 Å². The van der Waals surface area contributed by atoms with Crippen LogP contribution in [0.3, 0.4) is 0 Å². The molecule has 0 aliphatic rings. The average Bonchev–Trinajstić information content (AvgIpc) is 2.80. The summed E-state index contributed by atoms with van der Waals surface area (Å²) in [6.45, 7) is 2.22. The summed E-state index contributed by atoms with van der Waals surface area (Å²) < 4.78 is 5.12. The van der Waals surface area contributed by atoms with Gasteiger partial charge in [-0.2, -0.15) is 0 Å². The first-order valence-electron chi connectivity index (χ1n) is 6.54. The van der Waals surface area contributed by atoms with Crippen molar-refractivity contribution >= 4 is 5.78 Å². The molecule has 94 valence electrons. The molecule has 1 aromatic rings. The maximum Gasteiger partial charge on any atom is 0.162 e. The van der Waals surface area contributed by atoms with Crippen LogP contribution in [0, 0.1) is 0 Å². The normalized spacial score (nSPS) is 11.1. The predicted octanol–water partition coefficient (Wildman–Crippen LogP) is 4.31. The van der Waals surface area contributed by atoms with Crippen molar-refractivity contribution in [2.24, 2.45) is 0 Å². The third kappa shape index (κ3) is 6.77. The molecule has 2 nitrogen and oxygen atoms in total. The van der Waals surface area contributed by atoms with Crippen LogP contribution in [-0.2, 0) is 11.2 Å². The standard InChI is InChI=1S/C15H22O2/c1-2-3-4-5-6-7-8-10-14(16)13-15-11-9-12-17-15/h8-12H,2-7,13H2,1H3/b10-8+. The fourth-order valence-corrected chi connectivity index (χ4v) is 1.72. The van der Waals surface area contributed by atoms with Crippen LogP contribution in [0.15, 0.2) is 35.0 Å². The Hall–Kier alpha value is -1.31. The van der Waals surface area contributed by atoms with E-state index in [1.807, 2.05) is 12.1 Å². The SMILES string of the molecule is CCCCCCC/C=C/C(=O)Cc1ccco1. The summed E-state index contributed by atoms with van der Waals surface area (Å²) >= 11 is 0. The van der Waals surface area contributed by atoms with E-state index in [9.17, 15) is 4.79 Å². The minimum Gasteiger partial charge on any atom is -0.469 e. The first-order chi connectivity index (χ1) is 8.33. The van der Waals surface area contributed by atoms with Crippen LogP contribution in [0.5, 0.6) is 0 Å². The largest absolute Gasteiger partial charge is 0.469 e. The molecule has 1 heterocycles. The lowest BCUT2D eigenvalue weighted by molar-refractivity contribution is -0.114. The number of furan rings is 1. The number of carbonyl (C=O) groups is 1. The molecule has 0 amide bonds. The fourth-order valence-electron chi connectivity index (χ4n) is 1.72. The molecule has 17 heavy (non-hydrogen) atoms. The van der Waals surface area contributed by atoms with Gasteiger partial charge in [0.1, 0.15) is 5.76 Å². The summed E-state index contributed by atoms with van der Waals surface area (Å²) in [6.07, 6.45) is 13.0. The highest BCUT2D eigenvalue weighted by Gasteiger charge is 2.01. The molecule has 0 aromatic carbocycles. The van der Waals surface area contributed by atoms with E-state index < -0.39 is 0 Å². The van der Waals surface area contributed by atoms with Gasteiger partial charge in [0.15, 0.2) is 5.78 Å². The molecule has 0 saturated carbocycles. The van der Waals surface area contributed by atoms with Crippen LogP contribution in [-0.4, -0.2) is 5.78 Å². The van der Waals surface area contributed by atoms with Gasteiger partial charge >= 0.3 is 0 Å². The molecule has 0 unspecified atom stereocenters. The van der Waals surface area contributed by atoms with E-state index in [1.54, 1.807) is 18.4 Å². The number of carbonyl (C=O) groups excluding carboxylic acids is 1. The number of hydrogen-bond donors (Lipinski definition) is 0. The van der Waals surface area contributed by atoms with E-state index in [0.717, 1.165) is 12.2 Å². The summed E-state index contributed by atoms with van der Waals surface area (Å²) in [4.78, 5) is 11.5. The zero-order valence-electron chi connectivity index (χ0n) is 10.7. The number of hydrogen-bond acceptors (Lipinski definition) is 2. The Morgan fingerprint density at radius 2 is 2.12 bits per heavy atom. The van der Waals surface area contributed by atoms with Crippen LogP contribution in [0.1, 0.15) is 51.2 Å². The average molecular weight is 234 g/mol. The van der Waals surface area contributed by atoms with Crippen LogP contribution in [0.25, 0.3) is 0 Å². The summed E-state index contributed by atoms with van der Waals surface area (Å²) in [5.41, 5.74) is 0. The van der Waals surface area contributed by atoms with Crippen molar-refractivity contribution in [3.8, 4) is 0 Å². The molecule has 0 saturated heterocycles. The lowest BCUT2D eigenvalue weighted by atomic mass is 10.1. The molecule has 0 aliphatic heterocycles. The Morgan fingerprint density at radius 1 is 1.29 bits per heavy atom. The van der Waals surface area contributed by atoms with E-state index in [2.05, 4.69) is 6.92 Å². The number of unbranched alkanes of at least 4 members (excludes halogenated alkanes) is 5. The highest BCUT2D eigenvalue weighted by molar-refractivity contribution is 5.90. The molecular formula is C15H22O2. The molecule has 0 atom stereocenters. The lowest BCUT2D eigenvalue weighted by Crippen LogP contribution is -1.96. The molecule has 1 aromatic heterocycles. The van der Waals surface area contributed by atoms with Gasteiger partial charge in [0.05, 0.1) is 12.7 Å². The Kier molecular flexibility index (Phi) is 7.12. The Bertz CT molecular complexity index is 323. The highest BCUT2D eigenvalue weighted by Crippen LogP contribution is 2.06. The van der Waals surface area contributed by atoms with Crippen LogP contribution >= 0.6 is 0 Å². The van der Waals surface area contributed by atoms with Crippen molar-refractivity contribution in [1.82, 2.24) is 0 Å². The van der Waals surface area contributed by atoms with Gasteiger partial charge in [-0.3, -0.25) is 4.79 Å². The number of rotatable bonds is 9. The molecule has 0 fully saturated rings. The third-order valence-corrected chi connectivity index (χ3v) is 2.71. The molecule has 0 aliphatic carbocycles. The first-order valence-corrected chi connectivity index (χ1v) is 6.54. The van der Waals surface area contributed by atoms with Gasteiger partial charge in [-0.25, -0.2) is 0 Å². The minimum atomic E-state index is 0.119. The fraction of sp³-hybridized carbons (Fsp3) is 0.533. The second kappa shape index (κ2) is 8.80. The molecule has 0 radical (unpaired) electrons. The smallest absolute Gasteiger partial charge is 0.162 e. The van der Waals surface area contributed by atoms with Crippen molar-refractivity contribution in [2.75, 3.05) is 0 Å². The Labute approximate surface area is 104 Å². The van der Waals surface area contributed by atoms with Gasteiger partial charge in [-0.05, 0) is 31.1 Å². The molecule has 0 spiro atoms. The van der Waals surface area contributed by atoms with Crippen molar-refractivity contribution in [2.45, 2.75) is 51.9 Å². The van der Waals surface area contributed by atoms with Crippen molar-refractivity contribution in [3.63, 3.8) is 0 Å². The zero-order chi connectivity index (χ0) is 12.3. The second-order valence-corrected chi connectivity index (χ2v) is 4.33. The predicted molar refractivity (Wildman–Crippen MR) is 69.9 cm³/mol. The molecule has 0 N–H and O–H groups in total. The molecule has 2 heteroatoms. The van der Waals surface area contributed by atoms with E-state index in [0.29, 0.717) is 6.42 Å². The van der Waals surface area contributed by atoms with Gasteiger partial charge in [0, 0.05) is 0 Å². The van der Waals surface area contributed by atoms with Gasteiger partial charge in [-0.1, -0.05) is 38.7 Å². The topological polar surface area (TPSA) is 30.2 Å². The van der Waals surface area contributed by atoms with E-state index in [1.165, 1.54) is 32.1 Å². The van der Waals surface area contributed by atoms with E-state index in [-0.39, 0.29) is 5.78 Å². The van der Waals surface area contributed by atoms with Gasteiger partial charge in [0.2, 0.25) is 0 Å². The van der Waals surface area contributed by atoms with Gasteiger partial charge in [0.25, 0.3) is 0 Å². The quantitative estimate of drug-likeness (QED) is 0.471. The second-order valence-electron chi connectivity index (χ2n) is 4.33. The summed E-state index contributed by atoms with van der Waals surface area (Å²) in [6, 6.07) is 3.64. The monoisotopic (exact) mass is 234 g/mol. The lowest BCUT2D eigenvalue weighted by Gasteiger charge is -1.96. The third-order valence-electron chi connectivity index (χ3n) is 2.71. The summed E-state index contributed by atoms with van der Waals surface area (Å²) in [7, 11) is 0. The van der Waals surface area contributed by atoms with Crippen LogP contribution in [0.2, 0.25) is 0 Å². The molecule has 1 rings (SSSR count). The Balaban J connectivity index is 2.06. The molecular weight excluding hydrogens is 212 g/mol. The zero-order valence-corrected chi connectivity index (χ0v) is 10.7. The molecule has 0 bridgehead atoms. The number of allylic oxidation sites excluding steroid dienone is 2. The van der Waals surface area contributed by atoms with Gasteiger partial charge in [-0.15, -0.1) is 0 Å². The maximum atomic E-state index is 11.5.